The molecule has 2 aromatic rings. The number of carbonyl (C=O) groups excluding carboxylic acids is 1. The van der Waals surface area contributed by atoms with E-state index >= 15 is 0 Å². The smallest absolute Gasteiger partial charge is 0.269 e. The Kier molecular flexibility index (Phi) is 5.33. The van der Waals surface area contributed by atoms with Crippen molar-refractivity contribution in [2.75, 3.05) is 0 Å². The second-order valence-electron chi connectivity index (χ2n) is 7.85. The summed E-state index contributed by atoms with van der Waals surface area (Å²) in [6.45, 7) is 8.14. The van der Waals surface area contributed by atoms with Crippen molar-refractivity contribution in [1.82, 2.24) is 5.32 Å². The van der Waals surface area contributed by atoms with Crippen molar-refractivity contribution in [2.45, 2.75) is 56.7 Å². The predicted octanol–water partition coefficient (Wildman–Crippen LogP) is 4.81. The first-order valence-electron chi connectivity index (χ1n) is 8.95. The lowest BCUT2D eigenvalue weighted by Gasteiger charge is -2.35. The molecule has 0 unspecified atom stereocenters. The summed E-state index contributed by atoms with van der Waals surface area (Å²) in [5, 5.41) is 13.6. The Hall–Kier alpha value is -2.28. The quantitative estimate of drug-likeness (QED) is 0.451. The zero-order chi connectivity index (χ0) is 19.8. The number of rotatable bonds is 5. The van der Waals surface area contributed by atoms with Crippen molar-refractivity contribution in [1.29, 1.82) is 0 Å². The van der Waals surface area contributed by atoms with Crippen molar-refractivity contribution in [2.24, 2.45) is 5.41 Å². The van der Waals surface area contributed by atoms with Gasteiger partial charge in [0.25, 0.3) is 5.69 Å². The number of thioether (sulfide) groups is 1. The van der Waals surface area contributed by atoms with E-state index in [2.05, 4.69) is 19.2 Å². The number of nitrogens with one attached hydrogen (secondary N) is 1. The Morgan fingerprint density at radius 1 is 1.37 bits per heavy atom. The third kappa shape index (κ3) is 4.53. The molecule has 1 N–H and O–H groups in total. The van der Waals surface area contributed by atoms with Crippen LogP contribution in [0.4, 0.5) is 5.69 Å². The molecule has 0 aliphatic heterocycles. The maximum absolute atomic E-state index is 12.7. The predicted molar refractivity (Wildman–Crippen MR) is 105 cm³/mol. The molecule has 144 valence electrons. The number of non-ortho nitro benzene ring substituents is 1. The number of benzene rings is 1. The van der Waals surface area contributed by atoms with Crippen LogP contribution >= 0.6 is 11.8 Å². The summed E-state index contributed by atoms with van der Waals surface area (Å²) >= 11 is 1.39. The topological polar surface area (TPSA) is 85.4 Å². The van der Waals surface area contributed by atoms with Crippen molar-refractivity contribution >= 4 is 23.4 Å². The average molecular weight is 388 g/mol. The highest BCUT2D eigenvalue weighted by molar-refractivity contribution is 8.00. The summed E-state index contributed by atoms with van der Waals surface area (Å²) < 4.78 is 5.83. The number of carbonyl (C=O) groups is 1. The van der Waals surface area contributed by atoms with Crippen LogP contribution in [0, 0.1) is 22.5 Å². The first-order valence-corrected chi connectivity index (χ1v) is 9.83. The normalized spacial score (nSPS) is 19.2. The number of aryl methyl sites for hydroxylation is 1. The molecule has 2 atom stereocenters. The van der Waals surface area contributed by atoms with E-state index in [1.54, 1.807) is 12.1 Å². The van der Waals surface area contributed by atoms with Gasteiger partial charge in [-0.05, 0) is 43.9 Å². The highest BCUT2D eigenvalue weighted by Gasteiger charge is 2.36. The van der Waals surface area contributed by atoms with Crippen molar-refractivity contribution in [3.63, 3.8) is 0 Å². The maximum Gasteiger partial charge on any atom is 0.269 e. The molecule has 1 amide bonds. The van der Waals surface area contributed by atoms with Crippen LogP contribution in [-0.4, -0.2) is 16.1 Å². The molecule has 0 saturated carbocycles. The minimum absolute atomic E-state index is 0.0451. The van der Waals surface area contributed by atoms with E-state index in [0.717, 1.165) is 34.8 Å². The molecule has 0 radical (unpaired) electrons. The standard InChI is InChI=1S/C20H24N2O4S/c1-12-9-16-17(10-20(3,4)11-18(16)26-12)21-19(23)13(2)27-15-7-5-14(6-8-15)22(24)25/h5-9,13,17H,10-11H2,1-4H3,(H,21,23)/t13-,17+/m1/s1. The summed E-state index contributed by atoms with van der Waals surface area (Å²) in [4.78, 5) is 23.9. The van der Waals surface area contributed by atoms with Gasteiger partial charge in [-0.2, -0.15) is 0 Å². The van der Waals surface area contributed by atoms with Gasteiger partial charge in [0.05, 0.1) is 16.2 Å². The summed E-state index contributed by atoms with van der Waals surface area (Å²) in [5.41, 5.74) is 1.18. The Labute approximate surface area is 162 Å². The van der Waals surface area contributed by atoms with Gasteiger partial charge >= 0.3 is 0 Å². The third-order valence-corrected chi connectivity index (χ3v) is 5.89. The number of nitro groups is 1. The van der Waals surface area contributed by atoms with Gasteiger partial charge in [0.1, 0.15) is 11.5 Å². The van der Waals surface area contributed by atoms with Gasteiger partial charge in [0, 0.05) is 29.0 Å². The van der Waals surface area contributed by atoms with E-state index in [0.29, 0.717) is 0 Å². The van der Waals surface area contributed by atoms with E-state index < -0.39 is 4.92 Å². The number of nitro benzene ring substituents is 1. The molecule has 1 aromatic carbocycles. The lowest BCUT2D eigenvalue weighted by atomic mass is 9.74. The third-order valence-electron chi connectivity index (χ3n) is 4.78. The van der Waals surface area contributed by atoms with Crippen LogP contribution in [0.25, 0.3) is 0 Å². The van der Waals surface area contributed by atoms with E-state index in [-0.39, 0.29) is 28.3 Å². The zero-order valence-corrected chi connectivity index (χ0v) is 16.8. The largest absolute Gasteiger partial charge is 0.466 e. The van der Waals surface area contributed by atoms with Crippen molar-refractivity contribution in [3.8, 4) is 0 Å². The van der Waals surface area contributed by atoms with Crippen molar-refractivity contribution < 1.29 is 14.1 Å². The first-order chi connectivity index (χ1) is 12.6. The van der Waals surface area contributed by atoms with Crippen LogP contribution in [0.1, 0.15) is 50.3 Å². The molecule has 1 heterocycles. The molecular weight excluding hydrogens is 364 g/mol. The molecule has 6 nitrogen and oxygen atoms in total. The number of nitrogens with zero attached hydrogens (tertiary/aromatic N) is 1. The fourth-order valence-electron chi connectivity index (χ4n) is 3.51. The van der Waals surface area contributed by atoms with Gasteiger partial charge < -0.3 is 9.73 Å². The number of amides is 1. The monoisotopic (exact) mass is 388 g/mol. The molecule has 1 aromatic heterocycles. The molecule has 0 saturated heterocycles. The van der Waals surface area contributed by atoms with Crippen molar-refractivity contribution in [3.05, 3.63) is 57.5 Å². The molecule has 3 rings (SSSR count). The summed E-state index contributed by atoms with van der Waals surface area (Å²) in [6, 6.07) is 8.22. The SMILES string of the molecule is Cc1cc2c(o1)CC(C)(C)C[C@@H]2NC(=O)[C@@H](C)Sc1ccc([N+](=O)[O-])cc1. The first kappa shape index (κ1) is 19.5. The second-order valence-corrected chi connectivity index (χ2v) is 9.27. The Balaban J connectivity index is 1.68. The van der Waals surface area contributed by atoms with Gasteiger partial charge in [0.15, 0.2) is 0 Å². The van der Waals surface area contributed by atoms with E-state index in [1.165, 1.54) is 23.9 Å². The maximum atomic E-state index is 12.7. The Morgan fingerprint density at radius 2 is 2.04 bits per heavy atom. The van der Waals surface area contributed by atoms with Gasteiger partial charge in [-0.1, -0.05) is 13.8 Å². The molecule has 0 bridgehead atoms. The number of furan rings is 1. The minimum atomic E-state index is -0.431. The van der Waals surface area contributed by atoms with Crippen LogP contribution < -0.4 is 5.32 Å². The number of hydrogen-bond donors (Lipinski definition) is 1. The van der Waals surface area contributed by atoms with Crippen LogP contribution in [0.5, 0.6) is 0 Å². The lowest BCUT2D eigenvalue weighted by molar-refractivity contribution is -0.384. The number of hydrogen-bond acceptors (Lipinski definition) is 5. The van der Waals surface area contributed by atoms with E-state index in [1.807, 2.05) is 19.9 Å². The molecule has 1 aliphatic rings. The fraction of sp³-hybridized carbons (Fsp3) is 0.450. The Morgan fingerprint density at radius 3 is 2.67 bits per heavy atom. The van der Waals surface area contributed by atoms with Crippen LogP contribution in [0.15, 0.2) is 39.6 Å². The average Bonchev–Trinajstić information content (AvgIpc) is 2.94. The highest BCUT2D eigenvalue weighted by Crippen LogP contribution is 2.42. The molecule has 7 heteroatoms. The fourth-order valence-corrected chi connectivity index (χ4v) is 4.38. The van der Waals surface area contributed by atoms with Crippen LogP contribution in [0.3, 0.4) is 0 Å². The molecule has 27 heavy (non-hydrogen) atoms. The van der Waals surface area contributed by atoms with Gasteiger partial charge in [-0.3, -0.25) is 14.9 Å². The summed E-state index contributed by atoms with van der Waals surface area (Å²) in [7, 11) is 0. The zero-order valence-electron chi connectivity index (χ0n) is 15.9. The van der Waals surface area contributed by atoms with Crippen LogP contribution in [-0.2, 0) is 11.2 Å². The lowest BCUT2D eigenvalue weighted by Crippen LogP contribution is -2.39. The van der Waals surface area contributed by atoms with Crippen LogP contribution in [0.2, 0.25) is 0 Å². The molecule has 0 spiro atoms. The number of fused-ring (bicyclic) bond motifs is 1. The summed E-state index contributed by atoms with van der Waals surface area (Å²) in [6.07, 6.45) is 1.73. The van der Waals surface area contributed by atoms with Gasteiger partial charge in [-0.25, -0.2) is 0 Å². The second kappa shape index (κ2) is 7.38. The van der Waals surface area contributed by atoms with E-state index in [4.69, 9.17) is 4.42 Å². The Bertz CT molecular complexity index is 857. The molecular formula is C20H24N2O4S. The van der Waals surface area contributed by atoms with Gasteiger partial charge in [0.2, 0.25) is 5.91 Å². The van der Waals surface area contributed by atoms with E-state index in [9.17, 15) is 14.9 Å². The molecule has 0 fully saturated rings. The molecule has 1 aliphatic carbocycles. The minimum Gasteiger partial charge on any atom is -0.466 e. The highest BCUT2D eigenvalue weighted by atomic mass is 32.2. The van der Waals surface area contributed by atoms with Gasteiger partial charge in [-0.15, -0.1) is 11.8 Å². The summed E-state index contributed by atoms with van der Waals surface area (Å²) in [5.74, 6) is 1.78.